The number of amides is 2. The molecule has 2 aliphatic heterocycles. The quantitative estimate of drug-likeness (QED) is 0.546. The second-order valence-corrected chi connectivity index (χ2v) is 9.92. The first-order valence-corrected chi connectivity index (χ1v) is 13.1. The van der Waals surface area contributed by atoms with Gasteiger partial charge in [0.15, 0.2) is 0 Å². The molecule has 1 N–H and O–H groups in total. The predicted octanol–water partition coefficient (Wildman–Crippen LogP) is 2.29. The summed E-state index contributed by atoms with van der Waals surface area (Å²) in [6.07, 6.45) is 5.76. The Hall–Kier alpha value is -3.80. The third kappa shape index (κ3) is 6.01. The first-order chi connectivity index (χ1) is 18.5. The molecule has 2 amide bonds. The summed E-state index contributed by atoms with van der Waals surface area (Å²) in [5.41, 5.74) is 2.22. The number of piperidine rings is 1. The second-order valence-electron chi connectivity index (χ2n) is 9.92. The summed E-state index contributed by atoms with van der Waals surface area (Å²) >= 11 is 0. The molecule has 2 aliphatic rings. The van der Waals surface area contributed by atoms with Crippen LogP contribution in [0.2, 0.25) is 0 Å². The predicted molar refractivity (Wildman–Crippen MR) is 134 cm³/mol. The summed E-state index contributed by atoms with van der Waals surface area (Å²) in [6.45, 7) is 5.10. The molecule has 12 nitrogen and oxygen atoms in total. The average Bonchev–Trinajstić information content (AvgIpc) is 3.57. The number of benzene rings is 1. The van der Waals surface area contributed by atoms with Gasteiger partial charge in [-0.15, -0.1) is 5.10 Å². The van der Waals surface area contributed by atoms with Crippen LogP contribution in [0.3, 0.4) is 0 Å². The molecule has 38 heavy (non-hydrogen) atoms. The number of aromatic nitrogens is 5. The van der Waals surface area contributed by atoms with Crippen LogP contribution in [0.15, 0.2) is 35.1 Å². The molecular weight excluding hydrogens is 490 g/mol. The van der Waals surface area contributed by atoms with Crippen LogP contribution in [0.25, 0.3) is 0 Å². The maximum atomic E-state index is 13.3. The summed E-state index contributed by atoms with van der Waals surface area (Å²) in [7, 11) is 0. The summed E-state index contributed by atoms with van der Waals surface area (Å²) < 4.78 is 17.9. The number of nitrogens with zero attached hydrogens (tertiary/aromatic N) is 6. The van der Waals surface area contributed by atoms with Crippen molar-refractivity contribution in [3.05, 3.63) is 53.1 Å². The number of ether oxygens (including phenoxy) is 2. The maximum absolute atomic E-state index is 13.3. The number of rotatable bonds is 4. The Morgan fingerprint density at radius 1 is 1.11 bits per heavy atom. The van der Waals surface area contributed by atoms with E-state index in [1.54, 1.807) is 31.2 Å². The largest absolute Gasteiger partial charge is 0.487 e. The van der Waals surface area contributed by atoms with E-state index in [9.17, 15) is 9.59 Å². The summed E-state index contributed by atoms with van der Waals surface area (Å²) in [4.78, 5) is 28.3. The van der Waals surface area contributed by atoms with Gasteiger partial charge in [0.25, 0.3) is 5.91 Å². The van der Waals surface area contributed by atoms with Crippen LogP contribution in [0.4, 0.5) is 0 Å². The Bertz CT molecular complexity index is 1230. The lowest BCUT2D eigenvalue weighted by molar-refractivity contribution is -0.134. The van der Waals surface area contributed by atoms with Crippen LogP contribution in [-0.2, 0) is 29.3 Å². The second kappa shape index (κ2) is 11.7. The van der Waals surface area contributed by atoms with Crippen LogP contribution in [0, 0.1) is 12.3 Å². The lowest BCUT2D eigenvalue weighted by Gasteiger charge is -2.41. The molecule has 0 atom stereocenters. The zero-order valence-electron chi connectivity index (χ0n) is 21.6. The molecule has 0 aliphatic carbocycles. The Morgan fingerprint density at radius 2 is 1.92 bits per heavy atom. The van der Waals surface area contributed by atoms with Crippen molar-refractivity contribution in [3.63, 3.8) is 0 Å². The van der Waals surface area contributed by atoms with Crippen molar-refractivity contribution < 1.29 is 23.7 Å². The molecule has 2 aromatic heterocycles. The topological polar surface area (TPSA) is 138 Å². The van der Waals surface area contributed by atoms with Gasteiger partial charge in [-0.05, 0) is 56.9 Å². The van der Waals surface area contributed by atoms with E-state index < -0.39 is 5.41 Å². The number of likely N-dealkylation sites (tertiary alicyclic amines) is 1. The van der Waals surface area contributed by atoms with Gasteiger partial charge in [-0.1, -0.05) is 21.9 Å². The van der Waals surface area contributed by atoms with Crippen LogP contribution in [0.5, 0.6) is 5.75 Å². The molecule has 0 radical (unpaired) electrons. The Kier molecular flexibility index (Phi) is 7.97. The fourth-order valence-electron chi connectivity index (χ4n) is 4.99. The summed E-state index contributed by atoms with van der Waals surface area (Å²) in [5.74, 6) is 0.643. The molecule has 0 unspecified atom stereocenters. The SMILES string of the molecule is Cc1nonc1COc1ccc(C(=O)N2CCC3(CCCCn4cc(nn4)COCCNC3=O)CC2)cc1. The summed E-state index contributed by atoms with van der Waals surface area (Å²) in [5, 5.41) is 18.9. The van der Waals surface area contributed by atoms with E-state index >= 15 is 0 Å². The molecule has 1 spiro atoms. The van der Waals surface area contributed by atoms with E-state index in [0.717, 1.165) is 31.5 Å². The highest BCUT2D eigenvalue weighted by Crippen LogP contribution is 2.37. The van der Waals surface area contributed by atoms with E-state index in [1.165, 1.54) is 0 Å². The van der Waals surface area contributed by atoms with Gasteiger partial charge in [0.2, 0.25) is 5.91 Å². The van der Waals surface area contributed by atoms with E-state index in [4.69, 9.17) is 9.47 Å². The third-order valence-electron chi connectivity index (χ3n) is 7.37. The van der Waals surface area contributed by atoms with Gasteiger partial charge in [0.05, 0.1) is 24.8 Å². The van der Waals surface area contributed by atoms with E-state index in [-0.39, 0.29) is 18.4 Å². The smallest absolute Gasteiger partial charge is 0.253 e. The van der Waals surface area contributed by atoms with Crippen molar-refractivity contribution in [1.82, 2.24) is 35.5 Å². The highest BCUT2D eigenvalue weighted by Gasteiger charge is 2.41. The third-order valence-corrected chi connectivity index (χ3v) is 7.37. The molecule has 0 saturated carbocycles. The number of carbonyl (C=O) groups excluding carboxylic acids is 2. The van der Waals surface area contributed by atoms with Crippen molar-refractivity contribution in [2.75, 3.05) is 26.2 Å². The lowest BCUT2D eigenvalue weighted by atomic mass is 9.73. The minimum atomic E-state index is -0.486. The van der Waals surface area contributed by atoms with Crippen molar-refractivity contribution in [3.8, 4) is 5.75 Å². The van der Waals surface area contributed by atoms with Crippen LogP contribution in [0.1, 0.15) is 59.5 Å². The molecular formula is C26H33N7O5. The van der Waals surface area contributed by atoms with Gasteiger partial charge >= 0.3 is 0 Å². The number of carbonyl (C=O) groups is 2. The fourth-order valence-corrected chi connectivity index (χ4v) is 4.99. The number of aryl methyl sites for hydroxylation is 2. The Labute approximate surface area is 220 Å². The number of fused-ring (bicyclic) bond motifs is 2. The fraction of sp³-hybridized carbons (Fsp3) is 0.538. The number of hydrogen-bond acceptors (Lipinski definition) is 9. The van der Waals surface area contributed by atoms with E-state index in [2.05, 4.69) is 30.6 Å². The first kappa shape index (κ1) is 25.8. The standard InChI is InChI=1S/C26H33N7O5/c1-19-23(30-38-29-19)18-37-22-6-4-20(5-7-22)24(34)32-13-9-26(10-14-32)8-2-3-12-33-16-21(28-31-33)17-36-15-11-27-25(26)35/h4-7,16H,2-3,8-15,17-18H2,1H3,(H,27,35). The normalized spacial score (nSPS) is 18.6. The van der Waals surface area contributed by atoms with Crippen molar-refractivity contribution in [2.24, 2.45) is 5.41 Å². The van der Waals surface area contributed by atoms with E-state index in [1.807, 2.05) is 15.8 Å². The van der Waals surface area contributed by atoms with Crippen LogP contribution >= 0.6 is 0 Å². The number of hydrogen-bond donors (Lipinski definition) is 1. The van der Waals surface area contributed by atoms with Crippen molar-refractivity contribution in [1.29, 1.82) is 0 Å². The molecule has 1 saturated heterocycles. The molecule has 1 fully saturated rings. The molecule has 4 heterocycles. The monoisotopic (exact) mass is 523 g/mol. The van der Waals surface area contributed by atoms with Gasteiger partial charge in [-0.3, -0.25) is 14.3 Å². The first-order valence-electron chi connectivity index (χ1n) is 13.1. The summed E-state index contributed by atoms with van der Waals surface area (Å²) in [6, 6.07) is 7.07. The Morgan fingerprint density at radius 3 is 2.68 bits per heavy atom. The molecule has 3 aromatic rings. The Balaban J connectivity index is 1.17. The highest BCUT2D eigenvalue weighted by atomic mass is 16.6. The van der Waals surface area contributed by atoms with Gasteiger partial charge < -0.3 is 19.7 Å². The van der Waals surface area contributed by atoms with Crippen LogP contribution in [-0.4, -0.2) is 68.3 Å². The molecule has 202 valence electrons. The highest BCUT2D eigenvalue weighted by molar-refractivity contribution is 5.94. The zero-order valence-corrected chi connectivity index (χ0v) is 21.6. The van der Waals surface area contributed by atoms with Gasteiger partial charge in [-0.25, -0.2) is 4.63 Å². The minimum absolute atomic E-state index is 0.0420. The van der Waals surface area contributed by atoms with Crippen LogP contribution < -0.4 is 10.1 Å². The van der Waals surface area contributed by atoms with Gasteiger partial charge in [0.1, 0.15) is 29.4 Å². The van der Waals surface area contributed by atoms with E-state index in [0.29, 0.717) is 68.4 Å². The number of nitrogens with one attached hydrogen (secondary N) is 1. The molecule has 2 bridgehead atoms. The lowest BCUT2D eigenvalue weighted by Crippen LogP contribution is -2.50. The van der Waals surface area contributed by atoms with Gasteiger partial charge in [-0.2, -0.15) is 0 Å². The zero-order chi connectivity index (χ0) is 26.4. The minimum Gasteiger partial charge on any atom is -0.487 e. The van der Waals surface area contributed by atoms with Gasteiger partial charge in [0, 0.05) is 31.7 Å². The maximum Gasteiger partial charge on any atom is 0.253 e. The van der Waals surface area contributed by atoms with Crippen molar-refractivity contribution >= 4 is 11.8 Å². The average molecular weight is 524 g/mol. The molecule has 1 aromatic carbocycles. The van der Waals surface area contributed by atoms with Crippen molar-refractivity contribution in [2.45, 2.75) is 58.8 Å². The molecule has 5 rings (SSSR count). The molecule has 12 heteroatoms.